The molecule has 1 atom stereocenters. The highest BCUT2D eigenvalue weighted by molar-refractivity contribution is 4.66. The van der Waals surface area contributed by atoms with Crippen LogP contribution in [0, 0.1) is 6.92 Å². The third kappa shape index (κ3) is 0.698. The van der Waals surface area contributed by atoms with E-state index < -0.39 is 0 Å². The van der Waals surface area contributed by atoms with Gasteiger partial charge in [-0.2, -0.15) is 0 Å². The van der Waals surface area contributed by atoms with Crippen molar-refractivity contribution >= 4 is 0 Å². The van der Waals surface area contributed by atoms with Crippen molar-refractivity contribution in [1.82, 2.24) is 5.32 Å². The molecular weight excluding hydrogens is 78.0 g/mol. The van der Waals surface area contributed by atoms with Crippen LogP contribution >= 0.6 is 0 Å². The van der Waals surface area contributed by atoms with Crippen molar-refractivity contribution in [2.45, 2.75) is 6.10 Å². The highest BCUT2D eigenvalue weighted by Gasteiger charge is 2.06. The minimum atomic E-state index is 0.185. The summed E-state index contributed by atoms with van der Waals surface area (Å²) < 4.78 is 4.93. The Hall–Kier alpha value is -0.0800. The van der Waals surface area contributed by atoms with Crippen LogP contribution in [0.5, 0.6) is 0 Å². The minimum absolute atomic E-state index is 0.185. The standard InChI is InChI=1S/C4H8NO/c1-4-2-5-3-6-4/h4-5H,1-3H2/t4-/m0/s1. The van der Waals surface area contributed by atoms with E-state index >= 15 is 0 Å². The van der Waals surface area contributed by atoms with E-state index in [0.717, 1.165) is 6.54 Å². The summed E-state index contributed by atoms with van der Waals surface area (Å²) in [6.07, 6.45) is 0.185. The van der Waals surface area contributed by atoms with Crippen molar-refractivity contribution in [3.8, 4) is 0 Å². The van der Waals surface area contributed by atoms with Crippen molar-refractivity contribution in [2.75, 3.05) is 13.3 Å². The molecule has 1 saturated heterocycles. The summed E-state index contributed by atoms with van der Waals surface area (Å²) in [6.45, 7) is 5.23. The molecule has 1 N–H and O–H groups in total. The van der Waals surface area contributed by atoms with Crippen molar-refractivity contribution in [1.29, 1.82) is 0 Å². The summed E-state index contributed by atoms with van der Waals surface area (Å²) >= 11 is 0. The average molecular weight is 86.1 g/mol. The van der Waals surface area contributed by atoms with Crippen LogP contribution in [0.3, 0.4) is 0 Å². The first-order chi connectivity index (χ1) is 2.89. The number of hydrogen-bond donors (Lipinski definition) is 1. The van der Waals surface area contributed by atoms with Gasteiger partial charge in [0.25, 0.3) is 0 Å². The normalized spacial score (nSPS) is 34.5. The predicted molar refractivity (Wildman–Crippen MR) is 23.1 cm³/mol. The summed E-state index contributed by atoms with van der Waals surface area (Å²) in [5, 5.41) is 2.99. The van der Waals surface area contributed by atoms with Gasteiger partial charge in [0.2, 0.25) is 0 Å². The number of hydrogen-bond acceptors (Lipinski definition) is 2. The molecule has 0 aromatic heterocycles. The molecule has 0 spiro atoms. The first kappa shape index (κ1) is 4.09. The Bertz CT molecular complexity index is 40.8. The van der Waals surface area contributed by atoms with Crippen LogP contribution in [-0.2, 0) is 4.74 Å². The molecule has 0 aromatic carbocycles. The molecule has 1 fully saturated rings. The van der Waals surface area contributed by atoms with Crippen LogP contribution in [0.2, 0.25) is 0 Å². The van der Waals surface area contributed by atoms with Gasteiger partial charge in [-0.15, -0.1) is 0 Å². The van der Waals surface area contributed by atoms with E-state index in [4.69, 9.17) is 4.74 Å². The topological polar surface area (TPSA) is 21.3 Å². The van der Waals surface area contributed by atoms with Crippen LogP contribution in [0.25, 0.3) is 0 Å². The minimum Gasteiger partial charge on any atom is -0.362 e. The molecule has 1 aliphatic rings. The van der Waals surface area contributed by atoms with Gasteiger partial charge in [-0.1, -0.05) is 0 Å². The highest BCUT2D eigenvalue weighted by Crippen LogP contribution is 1.91. The van der Waals surface area contributed by atoms with Crippen molar-refractivity contribution in [3.05, 3.63) is 6.92 Å². The predicted octanol–water partition coefficient (Wildman–Crippen LogP) is -0.234. The molecule has 0 bridgehead atoms. The van der Waals surface area contributed by atoms with Crippen LogP contribution in [0.1, 0.15) is 0 Å². The molecule has 0 saturated carbocycles. The van der Waals surface area contributed by atoms with E-state index in [1.165, 1.54) is 0 Å². The van der Waals surface area contributed by atoms with Crippen LogP contribution in [-0.4, -0.2) is 19.4 Å². The second-order valence-corrected chi connectivity index (χ2v) is 1.39. The van der Waals surface area contributed by atoms with Crippen molar-refractivity contribution in [2.24, 2.45) is 0 Å². The van der Waals surface area contributed by atoms with Gasteiger partial charge in [0.15, 0.2) is 0 Å². The lowest BCUT2D eigenvalue weighted by Crippen LogP contribution is -2.09. The second kappa shape index (κ2) is 1.58. The Morgan fingerprint density at radius 1 is 1.83 bits per heavy atom. The first-order valence-electron chi connectivity index (χ1n) is 2.05. The molecule has 6 heavy (non-hydrogen) atoms. The molecule has 35 valence electrons. The average Bonchev–Trinajstić information content (AvgIpc) is 1.86. The number of nitrogens with one attached hydrogen (secondary N) is 1. The maximum atomic E-state index is 4.93. The molecule has 1 aliphatic heterocycles. The van der Waals surface area contributed by atoms with Crippen LogP contribution in [0.15, 0.2) is 0 Å². The SMILES string of the molecule is [CH2][C@H]1CNCO1. The van der Waals surface area contributed by atoms with Crippen molar-refractivity contribution < 1.29 is 4.74 Å². The largest absolute Gasteiger partial charge is 0.362 e. The van der Waals surface area contributed by atoms with Gasteiger partial charge >= 0.3 is 0 Å². The molecule has 1 radical (unpaired) electrons. The van der Waals surface area contributed by atoms with E-state index in [-0.39, 0.29) is 6.10 Å². The van der Waals surface area contributed by atoms with E-state index in [2.05, 4.69) is 12.2 Å². The number of rotatable bonds is 0. The lowest BCUT2D eigenvalue weighted by molar-refractivity contribution is 0.144. The fourth-order valence-corrected chi connectivity index (χ4v) is 0.456. The third-order valence-corrected chi connectivity index (χ3v) is 0.793. The fourth-order valence-electron chi connectivity index (χ4n) is 0.456. The van der Waals surface area contributed by atoms with Gasteiger partial charge in [0, 0.05) is 6.54 Å². The molecule has 2 heteroatoms. The van der Waals surface area contributed by atoms with Gasteiger partial charge in [-0.05, 0) is 6.92 Å². The molecule has 0 unspecified atom stereocenters. The van der Waals surface area contributed by atoms with E-state index in [9.17, 15) is 0 Å². The maximum absolute atomic E-state index is 4.93. The molecule has 0 aliphatic carbocycles. The van der Waals surface area contributed by atoms with Gasteiger partial charge in [0.05, 0.1) is 12.8 Å². The monoisotopic (exact) mass is 86.1 g/mol. The molecule has 2 nitrogen and oxygen atoms in total. The lowest BCUT2D eigenvalue weighted by atomic mass is 10.4. The van der Waals surface area contributed by atoms with E-state index in [1.807, 2.05) is 0 Å². The zero-order valence-electron chi connectivity index (χ0n) is 3.61. The Morgan fingerprint density at radius 3 is 2.83 bits per heavy atom. The van der Waals surface area contributed by atoms with Gasteiger partial charge < -0.3 is 4.74 Å². The fraction of sp³-hybridized carbons (Fsp3) is 0.750. The lowest BCUT2D eigenvalue weighted by Gasteiger charge is -1.92. The van der Waals surface area contributed by atoms with E-state index in [1.54, 1.807) is 0 Å². The molecule has 0 amide bonds. The van der Waals surface area contributed by atoms with Gasteiger partial charge in [-0.25, -0.2) is 0 Å². The molecule has 0 aromatic rings. The van der Waals surface area contributed by atoms with E-state index in [0.29, 0.717) is 6.73 Å². The van der Waals surface area contributed by atoms with Gasteiger partial charge in [0.1, 0.15) is 0 Å². The maximum Gasteiger partial charge on any atom is 0.0970 e. The Morgan fingerprint density at radius 2 is 2.67 bits per heavy atom. The summed E-state index contributed by atoms with van der Waals surface area (Å²) in [7, 11) is 0. The Kier molecular flexibility index (Phi) is 1.08. The highest BCUT2D eigenvalue weighted by atomic mass is 16.5. The summed E-state index contributed by atoms with van der Waals surface area (Å²) in [4.78, 5) is 0. The summed E-state index contributed by atoms with van der Waals surface area (Å²) in [5.74, 6) is 0. The quantitative estimate of drug-likeness (QED) is 0.439. The summed E-state index contributed by atoms with van der Waals surface area (Å²) in [5.41, 5.74) is 0. The molecular formula is C4H8NO. The third-order valence-electron chi connectivity index (χ3n) is 0.793. The van der Waals surface area contributed by atoms with Gasteiger partial charge in [-0.3, -0.25) is 5.32 Å². The Balaban J connectivity index is 2.18. The summed E-state index contributed by atoms with van der Waals surface area (Å²) in [6, 6.07) is 0. The Labute approximate surface area is 37.5 Å². The zero-order valence-corrected chi connectivity index (χ0v) is 3.61. The molecule has 1 rings (SSSR count). The van der Waals surface area contributed by atoms with Crippen LogP contribution in [0.4, 0.5) is 0 Å². The second-order valence-electron chi connectivity index (χ2n) is 1.39. The van der Waals surface area contributed by atoms with Crippen molar-refractivity contribution in [3.63, 3.8) is 0 Å². The first-order valence-corrected chi connectivity index (χ1v) is 2.05. The smallest absolute Gasteiger partial charge is 0.0970 e. The molecule has 1 heterocycles. The number of ether oxygens (including phenoxy) is 1. The van der Waals surface area contributed by atoms with Crippen LogP contribution < -0.4 is 5.32 Å². The zero-order chi connectivity index (χ0) is 4.41.